The maximum atomic E-state index is 5.03. The summed E-state index contributed by atoms with van der Waals surface area (Å²) < 4.78 is 5.03. The minimum atomic E-state index is 0.261. The number of rotatable bonds is 2. The normalized spacial score (nSPS) is 35.9. The van der Waals surface area contributed by atoms with Crippen molar-refractivity contribution < 1.29 is 4.52 Å². The molecule has 2 bridgehead atoms. The van der Waals surface area contributed by atoms with Crippen LogP contribution in [0.2, 0.25) is 0 Å². The first-order valence-corrected chi connectivity index (χ1v) is 5.24. The zero-order valence-corrected chi connectivity index (χ0v) is 8.07. The summed E-state index contributed by atoms with van der Waals surface area (Å²) in [5.41, 5.74) is 0.261. The molecule has 0 spiro atoms. The van der Waals surface area contributed by atoms with E-state index in [4.69, 9.17) is 4.52 Å². The Kier molecular flexibility index (Phi) is 1.74. The molecule has 0 radical (unpaired) electrons. The SMILES string of the molecule is C(=CC12CCC(CC1)N2)c1ccno1. The number of hydrogen-bond acceptors (Lipinski definition) is 3. The van der Waals surface area contributed by atoms with Gasteiger partial charge in [0.15, 0.2) is 5.76 Å². The van der Waals surface area contributed by atoms with Crippen molar-refractivity contribution in [3.05, 3.63) is 24.1 Å². The van der Waals surface area contributed by atoms with Crippen molar-refractivity contribution >= 4 is 6.08 Å². The molecule has 0 atom stereocenters. The van der Waals surface area contributed by atoms with Gasteiger partial charge in [0.25, 0.3) is 0 Å². The third kappa shape index (κ3) is 1.28. The van der Waals surface area contributed by atoms with E-state index in [0.29, 0.717) is 0 Å². The van der Waals surface area contributed by atoms with Crippen LogP contribution in [0.1, 0.15) is 31.4 Å². The summed E-state index contributed by atoms with van der Waals surface area (Å²) in [7, 11) is 0. The Morgan fingerprint density at radius 2 is 2.36 bits per heavy atom. The van der Waals surface area contributed by atoms with Crippen molar-refractivity contribution in [1.82, 2.24) is 10.5 Å². The average Bonchev–Trinajstić information content (AvgIpc) is 2.93. The van der Waals surface area contributed by atoms with E-state index in [1.165, 1.54) is 25.7 Å². The molecule has 2 aliphatic rings. The molecule has 3 heterocycles. The van der Waals surface area contributed by atoms with Crippen LogP contribution in [0.3, 0.4) is 0 Å². The number of aromatic nitrogens is 1. The summed E-state index contributed by atoms with van der Waals surface area (Å²) in [5.74, 6) is 0.844. The van der Waals surface area contributed by atoms with E-state index in [2.05, 4.69) is 16.5 Å². The van der Waals surface area contributed by atoms with Crippen LogP contribution in [-0.4, -0.2) is 16.7 Å². The molecule has 1 N–H and O–H groups in total. The van der Waals surface area contributed by atoms with E-state index in [1.54, 1.807) is 6.20 Å². The summed E-state index contributed by atoms with van der Waals surface area (Å²) in [6, 6.07) is 2.64. The van der Waals surface area contributed by atoms with Crippen molar-refractivity contribution in [2.45, 2.75) is 37.3 Å². The van der Waals surface area contributed by atoms with Gasteiger partial charge in [0.2, 0.25) is 0 Å². The lowest BCUT2D eigenvalue weighted by molar-refractivity contribution is 0.411. The molecule has 1 aromatic rings. The minimum absolute atomic E-state index is 0.261. The minimum Gasteiger partial charge on any atom is -0.357 e. The first-order chi connectivity index (χ1) is 6.86. The molecule has 3 heteroatoms. The fourth-order valence-corrected chi connectivity index (χ4v) is 2.60. The lowest BCUT2D eigenvalue weighted by Gasteiger charge is -2.20. The fourth-order valence-electron chi connectivity index (χ4n) is 2.60. The number of hydrogen-bond donors (Lipinski definition) is 1. The molecule has 1 aromatic heterocycles. The molecule has 2 saturated heterocycles. The quantitative estimate of drug-likeness (QED) is 0.774. The van der Waals surface area contributed by atoms with Crippen LogP contribution in [0.25, 0.3) is 6.08 Å². The second-order valence-corrected chi connectivity index (χ2v) is 4.32. The molecule has 0 saturated carbocycles. The Morgan fingerprint density at radius 3 is 2.93 bits per heavy atom. The zero-order valence-electron chi connectivity index (χ0n) is 8.07. The van der Waals surface area contributed by atoms with Crippen molar-refractivity contribution in [3.8, 4) is 0 Å². The van der Waals surface area contributed by atoms with Gasteiger partial charge >= 0.3 is 0 Å². The van der Waals surface area contributed by atoms with Gasteiger partial charge in [-0.2, -0.15) is 0 Å². The second-order valence-electron chi connectivity index (χ2n) is 4.32. The Morgan fingerprint density at radius 1 is 1.50 bits per heavy atom. The molecule has 0 aliphatic carbocycles. The molecule has 14 heavy (non-hydrogen) atoms. The number of nitrogens with zero attached hydrogens (tertiary/aromatic N) is 1. The lowest BCUT2D eigenvalue weighted by Crippen LogP contribution is -2.33. The van der Waals surface area contributed by atoms with E-state index >= 15 is 0 Å². The largest absolute Gasteiger partial charge is 0.357 e. The maximum Gasteiger partial charge on any atom is 0.159 e. The van der Waals surface area contributed by atoms with E-state index in [0.717, 1.165) is 11.8 Å². The van der Waals surface area contributed by atoms with Crippen molar-refractivity contribution in [1.29, 1.82) is 0 Å². The first kappa shape index (κ1) is 8.24. The monoisotopic (exact) mass is 190 g/mol. The molecule has 0 unspecified atom stereocenters. The van der Waals surface area contributed by atoms with E-state index in [-0.39, 0.29) is 5.54 Å². The number of nitrogens with one attached hydrogen (secondary N) is 1. The summed E-state index contributed by atoms with van der Waals surface area (Å²) >= 11 is 0. The van der Waals surface area contributed by atoms with Gasteiger partial charge in [0.1, 0.15) is 0 Å². The Balaban J connectivity index is 1.78. The third-order valence-electron chi connectivity index (χ3n) is 3.39. The predicted molar refractivity (Wildman–Crippen MR) is 53.7 cm³/mol. The Hall–Kier alpha value is -1.09. The maximum absolute atomic E-state index is 5.03. The summed E-state index contributed by atoms with van der Waals surface area (Å²) in [4.78, 5) is 0. The molecule has 3 nitrogen and oxygen atoms in total. The second kappa shape index (κ2) is 2.95. The van der Waals surface area contributed by atoms with Gasteiger partial charge in [-0.3, -0.25) is 0 Å². The van der Waals surface area contributed by atoms with Crippen LogP contribution in [0, 0.1) is 0 Å². The van der Waals surface area contributed by atoms with Crippen molar-refractivity contribution in [3.63, 3.8) is 0 Å². The van der Waals surface area contributed by atoms with Gasteiger partial charge in [-0.05, 0) is 31.8 Å². The predicted octanol–water partition coefficient (Wildman–Crippen LogP) is 1.97. The lowest BCUT2D eigenvalue weighted by atomic mass is 9.87. The van der Waals surface area contributed by atoms with E-state index in [1.807, 2.05) is 12.1 Å². The van der Waals surface area contributed by atoms with E-state index < -0.39 is 0 Å². The summed E-state index contributed by atoms with van der Waals surface area (Å²) in [6.07, 6.45) is 11.1. The molecule has 74 valence electrons. The molecular formula is C11H14N2O. The standard InChI is InChI=1S/C11H14N2O/c1-5-11(6-2-9(1)13-11)7-3-10-4-8-12-14-10/h3-4,7-9,13H,1-2,5-6H2. The van der Waals surface area contributed by atoms with Gasteiger partial charge in [0.05, 0.1) is 6.20 Å². The number of fused-ring (bicyclic) bond motifs is 2. The highest BCUT2D eigenvalue weighted by Crippen LogP contribution is 2.38. The van der Waals surface area contributed by atoms with Crippen molar-refractivity contribution in [2.75, 3.05) is 0 Å². The highest BCUT2D eigenvalue weighted by Gasteiger charge is 2.42. The highest BCUT2D eigenvalue weighted by molar-refractivity contribution is 5.45. The van der Waals surface area contributed by atoms with Gasteiger partial charge in [-0.15, -0.1) is 0 Å². The molecule has 0 amide bonds. The van der Waals surface area contributed by atoms with Gasteiger partial charge in [-0.1, -0.05) is 11.2 Å². The first-order valence-electron chi connectivity index (χ1n) is 5.24. The summed E-state index contributed by atoms with van der Waals surface area (Å²) in [6.45, 7) is 0. The molecular weight excluding hydrogens is 176 g/mol. The van der Waals surface area contributed by atoms with Crippen LogP contribution >= 0.6 is 0 Å². The Labute approximate surface area is 83.2 Å². The van der Waals surface area contributed by atoms with Crippen LogP contribution in [-0.2, 0) is 0 Å². The molecule has 0 aromatic carbocycles. The van der Waals surface area contributed by atoms with Crippen LogP contribution < -0.4 is 5.32 Å². The zero-order chi connectivity index (χ0) is 9.43. The van der Waals surface area contributed by atoms with Crippen LogP contribution in [0.5, 0.6) is 0 Å². The highest BCUT2D eigenvalue weighted by atomic mass is 16.5. The van der Waals surface area contributed by atoms with Gasteiger partial charge in [0, 0.05) is 17.6 Å². The molecule has 2 aliphatic heterocycles. The molecule has 3 rings (SSSR count). The third-order valence-corrected chi connectivity index (χ3v) is 3.39. The Bertz CT molecular complexity index is 334. The topological polar surface area (TPSA) is 38.1 Å². The van der Waals surface area contributed by atoms with Crippen molar-refractivity contribution in [2.24, 2.45) is 0 Å². The van der Waals surface area contributed by atoms with Gasteiger partial charge < -0.3 is 9.84 Å². The smallest absolute Gasteiger partial charge is 0.159 e. The summed E-state index contributed by atoms with van der Waals surface area (Å²) in [5, 5.41) is 7.33. The van der Waals surface area contributed by atoms with Crippen LogP contribution in [0.15, 0.2) is 22.9 Å². The molecule has 2 fully saturated rings. The fraction of sp³-hybridized carbons (Fsp3) is 0.545. The average molecular weight is 190 g/mol. The van der Waals surface area contributed by atoms with Gasteiger partial charge in [-0.25, -0.2) is 0 Å². The van der Waals surface area contributed by atoms with E-state index in [9.17, 15) is 0 Å². The van der Waals surface area contributed by atoms with Crippen LogP contribution in [0.4, 0.5) is 0 Å².